The van der Waals surface area contributed by atoms with Crippen LogP contribution in [0.4, 0.5) is 5.69 Å². The minimum atomic E-state index is 0.355. The van der Waals surface area contributed by atoms with Crippen LogP contribution in [-0.2, 0) is 0 Å². The smallest absolute Gasteiger partial charge is 0.0920 e. The topological polar surface area (TPSA) is 32.3 Å². The fourth-order valence-electron chi connectivity index (χ4n) is 9.75. The van der Waals surface area contributed by atoms with Crippen LogP contribution in [-0.4, -0.2) is 11.1 Å². The molecule has 2 aromatic rings. The van der Waals surface area contributed by atoms with E-state index in [4.69, 9.17) is 0 Å². The minimum absolute atomic E-state index is 0.355. The molecule has 0 spiro atoms. The molecule has 0 aliphatic heterocycles. The monoisotopic (exact) mass is 661 g/mol. The van der Waals surface area contributed by atoms with E-state index in [0.29, 0.717) is 29.6 Å². The average molecular weight is 662 g/mol. The van der Waals surface area contributed by atoms with E-state index in [-0.39, 0.29) is 0 Å². The first kappa shape index (κ1) is 33.1. The lowest BCUT2D eigenvalue weighted by Crippen LogP contribution is -2.28. The lowest BCUT2D eigenvalue weighted by Gasteiger charge is -2.34. The second kappa shape index (κ2) is 15.5. The number of hydrogen-bond acceptors (Lipinski definition) is 2. The van der Waals surface area contributed by atoms with E-state index < -0.39 is 0 Å². The Morgan fingerprint density at radius 3 is 2.44 bits per heavy atom. The van der Waals surface area contributed by atoms with Crippen molar-refractivity contribution in [3.63, 3.8) is 0 Å². The summed E-state index contributed by atoms with van der Waals surface area (Å²) in [6, 6.07) is 16.9. The molecular weight excluding hydrogens is 607 g/mol. The zero-order valence-corrected chi connectivity index (χ0v) is 29.8. The molecule has 6 atom stereocenters. The molecule has 0 radical (unpaired) electrons. The summed E-state index contributed by atoms with van der Waals surface area (Å²) in [5.41, 5.74) is 10.9. The maximum atomic E-state index is 10.8. The number of hydrogen-bond donors (Lipinski definition) is 2. The minimum Gasteiger partial charge on any atom is -0.512 e. The average Bonchev–Trinajstić information content (AvgIpc) is 3.19. The van der Waals surface area contributed by atoms with Crippen LogP contribution < -0.4 is 5.32 Å². The third-order valence-electron chi connectivity index (χ3n) is 12.7. The first-order valence-electron chi connectivity index (χ1n) is 19.8. The van der Waals surface area contributed by atoms with Crippen molar-refractivity contribution in [2.24, 2.45) is 29.6 Å². The zero-order chi connectivity index (χ0) is 33.7. The SMILES string of the molecule is OC1=C(C2C=CC=CC2)CC(C2C=CC=C(c3cccc(-c4ccc(NC5C=CCC(C6CC=CCC6)C5)c(C5=CCCCC5)c4)c3)C2)CC1. The first-order valence-corrected chi connectivity index (χ1v) is 19.8. The Kier molecular flexibility index (Phi) is 10.2. The van der Waals surface area contributed by atoms with Crippen LogP contribution in [0, 0.1) is 29.6 Å². The van der Waals surface area contributed by atoms with Crippen LogP contribution in [0.15, 0.2) is 127 Å². The summed E-state index contributed by atoms with van der Waals surface area (Å²) in [6.45, 7) is 0. The molecule has 6 aliphatic carbocycles. The van der Waals surface area contributed by atoms with Crippen molar-refractivity contribution >= 4 is 16.8 Å². The van der Waals surface area contributed by atoms with Gasteiger partial charge in [0.2, 0.25) is 0 Å². The van der Waals surface area contributed by atoms with Gasteiger partial charge < -0.3 is 10.4 Å². The van der Waals surface area contributed by atoms with Crippen LogP contribution in [0.2, 0.25) is 0 Å². The lowest BCUT2D eigenvalue weighted by molar-refractivity contribution is 0.278. The maximum Gasteiger partial charge on any atom is 0.0920 e. The molecule has 0 aromatic heterocycles. The Balaban J connectivity index is 1.000. The summed E-state index contributed by atoms with van der Waals surface area (Å²) in [5, 5.41) is 14.9. The van der Waals surface area contributed by atoms with Crippen LogP contribution in [0.5, 0.6) is 0 Å². The van der Waals surface area contributed by atoms with Crippen molar-refractivity contribution in [2.75, 3.05) is 5.32 Å². The highest BCUT2D eigenvalue weighted by Gasteiger charge is 2.31. The summed E-state index contributed by atoms with van der Waals surface area (Å²) in [7, 11) is 0. The Morgan fingerprint density at radius 2 is 1.58 bits per heavy atom. The molecule has 0 heterocycles. The number of aliphatic hydroxyl groups excluding tert-OH is 1. The lowest BCUT2D eigenvalue weighted by atomic mass is 9.71. The number of allylic oxidation sites excluding steroid dienone is 15. The summed E-state index contributed by atoms with van der Waals surface area (Å²) in [5.74, 6) is 3.69. The van der Waals surface area contributed by atoms with Gasteiger partial charge in [-0.05, 0) is 159 Å². The van der Waals surface area contributed by atoms with Crippen molar-refractivity contribution < 1.29 is 5.11 Å². The Hall–Kier alpha value is -4.04. The molecule has 0 saturated heterocycles. The second-order valence-electron chi connectivity index (χ2n) is 15.8. The molecule has 0 saturated carbocycles. The van der Waals surface area contributed by atoms with E-state index >= 15 is 0 Å². The number of nitrogens with one attached hydrogen (secondary N) is 1. The van der Waals surface area contributed by atoms with Crippen LogP contribution >= 0.6 is 0 Å². The summed E-state index contributed by atoms with van der Waals surface area (Å²) < 4.78 is 0. The van der Waals surface area contributed by atoms with Gasteiger partial charge in [-0.25, -0.2) is 0 Å². The molecule has 8 rings (SSSR count). The summed E-state index contributed by atoms with van der Waals surface area (Å²) >= 11 is 0. The zero-order valence-electron chi connectivity index (χ0n) is 29.8. The van der Waals surface area contributed by atoms with E-state index in [2.05, 4.69) is 121 Å². The van der Waals surface area contributed by atoms with Gasteiger partial charge in [0.05, 0.1) is 5.76 Å². The van der Waals surface area contributed by atoms with E-state index in [0.717, 1.165) is 43.9 Å². The predicted molar refractivity (Wildman–Crippen MR) is 213 cm³/mol. The van der Waals surface area contributed by atoms with Gasteiger partial charge in [0.1, 0.15) is 0 Å². The maximum absolute atomic E-state index is 10.8. The number of anilines is 1. The fraction of sp³-hybridized carbons (Fsp3) is 0.417. The summed E-state index contributed by atoms with van der Waals surface area (Å²) in [4.78, 5) is 0. The molecule has 0 fully saturated rings. The van der Waals surface area contributed by atoms with E-state index in [1.54, 1.807) is 0 Å². The molecule has 2 N–H and O–H groups in total. The highest BCUT2D eigenvalue weighted by atomic mass is 16.3. The Bertz CT molecular complexity index is 1790. The number of aliphatic hydroxyl groups is 1. The standard InChI is InChI=1S/C48H55NO/c50-48-28-26-43(33-46(48)36-17-8-3-9-18-36)40-22-11-20-38(30-40)37-19-10-21-39(29-37)42-25-27-47(45(32-42)35-15-6-2-7-16-35)49-44-24-12-23-41(31-44)34-13-4-1-5-14-34/h1,3-4,8-12,15,17,19-22,24-25,27,29,32,34,36,40-41,43-44,49-50H,2,5-7,13-14,16,18,23,26,28,30-31,33H2. The van der Waals surface area contributed by atoms with Crippen LogP contribution in [0.25, 0.3) is 22.3 Å². The van der Waals surface area contributed by atoms with Gasteiger partial charge in [-0.1, -0.05) is 97.2 Å². The number of benzene rings is 2. The van der Waals surface area contributed by atoms with Gasteiger partial charge in [0.25, 0.3) is 0 Å². The largest absolute Gasteiger partial charge is 0.512 e. The van der Waals surface area contributed by atoms with Crippen LogP contribution in [0.3, 0.4) is 0 Å². The highest BCUT2D eigenvalue weighted by Crippen LogP contribution is 2.44. The molecule has 2 nitrogen and oxygen atoms in total. The van der Waals surface area contributed by atoms with Gasteiger partial charge >= 0.3 is 0 Å². The van der Waals surface area contributed by atoms with Crippen molar-refractivity contribution in [1.29, 1.82) is 0 Å². The molecule has 6 unspecified atom stereocenters. The molecule has 2 aromatic carbocycles. The van der Waals surface area contributed by atoms with E-state index in [1.807, 2.05) is 0 Å². The van der Waals surface area contributed by atoms with Crippen molar-refractivity contribution in [3.8, 4) is 11.1 Å². The van der Waals surface area contributed by atoms with Gasteiger partial charge in [-0.2, -0.15) is 0 Å². The van der Waals surface area contributed by atoms with Crippen molar-refractivity contribution in [1.82, 2.24) is 0 Å². The molecule has 50 heavy (non-hydrogen) atoms. The Labute approximate surface area is 300 Å². The number of rotatable bonds is 8. The van der Waals surface area contributed by atoms with Crippen molar-refractivity contribution in [2.45, 2.75) is 95.9 Å². The molecule has 2 heteroatoms. The summed E-state index contributed by atoms with van der Waals surface area (Å²) in [6.07, 6.45) is 44.2. The van der Waals surface area contributed by atoms with E-state index in [1.165, 1.54) is 102 Å². The molecule has 0 amide bonds. The van der Waals surface area contributed by atoms with Crippen molar-refractivity contribution in [3.05, 3.63) is 138 Å². The third-order valence-corrected chi connectivity index (χ3v) is 12.7. The van der Waals surface area contributed by atoms with Gasteiger partial charge in [-0.3, -0.25) is 0 Å². The van der Waals surface area contributed by atoms with Gasteiger partial charge in [0.15, 0.2) is 0 Å². The second-order valence-corrected chi connectivity index (χ2v) is 15.8. The quantitative estimate of drug-likeness (QED) is 0.276. The molecule has 0 bridgehead atoms. The predicted octanol–water partition coefficient (Wildman–Crippen LogP) is 13.1. The molecule has 258 valence electrons. The third kappa shape index (κ3) is 7.51. The normalized spacial score (nSPS) is 29.5. The Morgan fingerprint density at radius 1 is 0.660 bits per heavy atom. The highest BCUT2D eigenvalue weighted by molar-refractivity contribution is 5.83. The fourth-order valence-corrected chi connectivity index (χ4v) is 9.75. The van der Waals surface area contributed by atoms with Crippen LogP contribution in [0.1, 0.15) is 101 Å². The molecule has 6 aliphatic rings. The molecular formula is C48H55NO. The first-order chi connectivity index (χ1) is 24.7. The van der Waals surface area contributed by atoms with Gasteiger partial charge in [0, 0.05) is 29.6 Å². The van der Waals surface area contributed by atoms with E-state index in [9.17, 15) is 5.11 Å². The van der Waals surface area contributed by atoms with Gasteiger partial charge in [-0.15, -0.1) is 0 Å².